The van der Waals surface area contributed by atoms with Gasteiger partial charge >= 0.3 is 0 Å². The third-order valence-electron chi connectivity index (χ3n) is 4.58. The fourth-order valence-corrected chi connectivity index (χ4v) is 2.96. The van der Waals surface area contributed by atoms with Gasteiger partial charge in [0, 0.05) is 12.0 Å². The zero-order chi connectivity index (χ0) is 22.1. The van der Waals surface area contributed by atoms with Crippen LogP contribution in [0.5, 0.6) is 11.5 Å². The number of para-hydroxylation sites is 2. The zero-order valence-electron chi connectivity index (χ0n) is 17.5. The smallest absolute Gasteiger partial charge is 0.273 e. The van der Waals surface area contributed by atoms with Crippen LogP contribution in [-0.4, -0.2) is 30.2 Å². The van der Waals surface area contributed by atoms with Crippen LogP contribution in [0.4, 0.5) is 0 Å². The minimum atomic E-state index is -0.467. The van der Waals surface area contributed by atoms with Crippen molar-refractivity contribution in [1.29, 1.82) is 0 Å². The molecule has 8 nitrogen and oxygen atoms in total. The van der Waals surface area contributed by atoms with Crippen LogP contribution in [0, 0.1) is 13.8 Å². The summed E-state index contributed by atoms with van der Waals surface area (Å²) in [4.78, 5) is 24.6. The van der Waals surface area contributed by atoms with E-state index in [1.807, 2.05) is 37.3 Å². The van der Waals surface area contributed by atoms with Crippen molar-refractivity contribution in [3.63, 3.8) is 0 Å². The number of ether oxygens (including phenoxy) is 2. The first-order valence-electron chi connectivity index (χ1n) is 9.95. The molecule has 2 amide bonds. The van der Waals surface area contributed by atoms with Crippen LogP contribution in [0.2, 0.25) is 0 Å². The monoisotopic (exact) mass is 423 g/mol. The third-order valence-corrected chi connectivity index (χ3v) is 4.58. The van der Waals surface area contributed by atoms with Crippen LogP contribution in [0.25, 0.3) is 0 Å². The minimum absolute atomic E-state index is 0.193. The van der Waals surface area contributed by atoms with Crippen LogP contribution in [0.1, 0.15) is 33.8 Å². The van der Waals surface area contributed by atoms with Gasteiger partial charge in [-0.25, -0.2) is 0 Å². The number of carbonyl (C=O) groups excluding carboxylic acids is 2. The molecule has 0 unspecified atom stereocenters. The van der Waals surface area contributed by atoms with E-state index in [-0.39, 0.29) is 18.9 Å². The number of nitrogens with one attached hydrogen (secondary N) is 2. The summed E-state index contributed by atoms with van der Waals surface area (Å²) < 4.78 is 16.4. The average molecular weight is 423 g/mol. The molecule has 0 aliphatic heterocycles. The van der Waals surface area contributed by atoms with Crippen LogP contribution in [0.15, 0.2) is 59.1 Å². The standard InChI is InChI=1S/C23H25N3O5/c1-16-19(17(2)31-26-16)12-13-22(27)24-25-23(28)20-10-6-7-11-21(20)30-15-14-29-18-8-4-3-5-9-18/h3-11H,12-15H2,1-2H3,(H,24,27)(H,25,28). The van der Waals surface area contributed by atoms with E-state index >= 15 is 0 Å². The second-order valence-electron chi connectivity index (χ2n) is 6.81. The summed E-state index contributed by atoms with van der Waals surface area (Å²) in [6, 6.07) is 16.2. The van der Waals surface area contributed by atoms with Crippen LogP contribution in [-0.2, 0) is 11.2 Å². The molecule has 3 rings (SSSR count). The van der Waals surface area contributed by atoms with Gasteiger partial charge in [0.1, 0.15) is 30.5 Å². The number of rotatable bonds is 9. The maximum absolute atomic E-state index is 12.5. The summed E-state index contributed by atoms with van der Waals surface area (Å²) >= 11 is 0. The van der Waals surface area contributed by atoms with E-state index in [0.29, 0.717) is 30.1 Å². The molecule has 31 heavy (non-hydrogen) atoms. The Morgan fingerprint density at radius 3 is 2.39 bits per heavy atom. The lowest BCUT2D eigenvalue weighted by Gasteiger charge is -2.13. The average Bonchev–Trinajstić information content (AvgIpc) is 3.11. The van der Waals surface area contributed by atoms with Gasteiger partial charge in [0.15, 0.2) is 0 Å². The van der Waals surface area contributed by atoms with Crippen molar-refractivity contribution in [2.24, 2.45) is 0 Å². The van der Waals surface area contributed by atoms with E-state index in [1.165, 1.54) is 0 Å². The molecule has 2 N–H and O–H groups in total. The van der Waals surface area contributed by atoms with Crippen molar-refractivity contribution in [3.8, 4) is 11.5 Å². The SMILES string of the molecule is Cc1noc(C)c1CCC(=O)NNC(=O)c1ccccc1OCCOc1ccccc1. The first kappa shape index (κ1) is 21.9. The van der Waals surface area contributed by atoms with Crippen LogP contribution in [0.3, 0.4) is 0 Å². The molecule has 2 aromatic carbocycles. The van der Waals surface area contributed by atoms with Crippen molar-refractivity contribution in [2.45, 2.75) is 26.7 Å². The summed E-state index contributed by atoms with van der Waals surface area (Å²) in [5, 5.41) is 3.87. The van der Waals surface area contributed by atoms with Gasteiger partial charge in [-0.05, 0) is 44.5 Å². The molecule has 0 atom stereocenters. The molecule has 8 heteroatoms. The van der Waals surface area contributed by atoms with E-state index < -0.39 is 5.91 Å². The molecule has 1 heterocycles. The Morgan fingerprint density at radius 2 is 1.65 bits per heavy atom. The first-order valence-corrected chi connectivity index (χ1v) is 9.95. The molecule has 3 aromatic rings. The van der Waals surface area contributed by atoms with E-state index in [0.717, 1.165) is 17.0 Å². The maximum Gasteiger partial charge on any atom is 0.273 e. The zero-order valence-corrected chi connectivity index (χ0v) is 17.5. The van der Waals surface area contributed by atoms with Gasteiger partial charge in [0.2, 0.25) is 5.91 Å². The Morgan fingerprint density at radius 1 is 0.935 bits per heavy atom. The highest BCUT2D eigenvalue weighted by atomic mass is 16.5. The number of nitrogens with zero attached hydrogens (tertiary/aromatic N) is 1. The van der Waals surface area contributed by atoms with E-state index in [9.17, 15) is 9.59 Å². The van der Waals surface area contributed by atoms with E-state index in [1.54, 1.807) is 31.2 Å². The van der Waals surface area contributed by atoms with Gasteiger partial charge in [-0.2, -0.15) is 0 Å². The first-order chi connectivity index (χ1) is 15.0. The van der Waals surface area contributed by atoms with Crippen molar-refractivity contribution in [1.82, 2.24) is 16.0 Å². The Labute approximate surface area is 180 Å². The maximum atomic E-state index is 12.5. The lowest BCUT2D eigenvalue weighted by atomic mass is 10.1. The molecule has 0 saturated heterocycles. The number of amides is 2. The summed E-state index contributed by atoms with van der Waals surface area (Å²) in [6.07, 6.45) is 0.669. The highest BCUT2D eigenvalue weighted by Crippen LogP contribution is 2.18. The fourth-order valence-electron chi connectivity index (χ4n) is 2.96. The third kappa shape index (κ3) is 6.33. The highest BCUT2D eigenvalue weighted by molar-refractivity contribution is 5.97. The van der Waals surface area contributed by atoms with Crippen LogP contribution < -0.4 is 20.3 Å². The topological polar surface area (TPSA) is 103 Å². The summed E-state index contributed by atoms with van der Waals surface area (Å²) in [7, 11) is 0. The molecule has 0 aliphatic carbocycles. The number of hydrogen-bond acceptors (Lipinski definition) is 6. The lowest BCUT2D eigenvalue weighted by Crippen LogP contribution is -2.41. The van der Waals surface area contributed by atoms with Gasteiger partial charge in [0.25, 0.3) is 5.91 Å². The van der Waals surface area contributed by atoms with Crippen molar-refractivity contribution in [2.75, 3.05) is 13.2 Å². The van der Waals surface area contributed by atoms with Gasteiger partial charge in [0.05, 0.1) is 11.3 Å². The highest BCUT2D eigenvalue weighted by Gasteiger charge is 2.14. The van der Waals surface area contributed by atoms with Gasteiger partial charge < -0.3 is 14.0 Å². The number of benzene rings is 2. The number of aryl methyl sites for hydroxylation is 2. The van der Waals surface area contributed by atoms with Gasteiger partial charge in [-0.3, -0.25) is 20.4 Å². The molecule has 162 valence electrons. The number of carbonyl (C=O) groups is 2. The molecule has 0 bridgehead atoms. The molecule has 0 fully saturated rings. The van der Waals surface area contributed by atoms with Crippen molar-refractivity contribution >= 4 is 11.8 Å². The number of aromatic nitrogens is 1. The predicted molar refractivity (Wildman–Crippen MR) is 114 cm³/mol. The molecular formula is C23H25N3O5. The molecule has 0 saturated carbocycles. The normalized spacial score (nSPS) is 10.4. The lowest BCUT2D eigenvalue weighted by molar-refractivity contribution is -0.121. The number of hydrazine groups is 1. The quantitative estimate of drug-likeness (QED) is 0.405. The van der Waals surface area contributed by atoms with Gasteiger partial charge in [-0.15, -0.1) is 0 Å². The molecule has 0 radical (unpaired) electrons. The molecule has 0 aliphatic rings. The van der Waals surface area contributed by atoms with Gasteiger partial charge in [-0.1, -0.05) is 35.5 Å². The second-order valence-corrected chi connectivity index (χ2v) is 6.81. The Bertz CT molecular complexity index is 998. The Hall–Kier alpha value is -3.81. The largest absolute Gasteiger partial charge is 0.490 e. The summed E-state index contributed by atoms with van der Waals surface area (Å²) in [5.41, 5.74) is 6.83. The predicted octanol–water partition coefficient (Wildman–Crippen LogP) is 3.14. The summed E-state index contributed by atoms with van der Waals surface area (Å²) in [5.74, 6) is 1.06. The number of hydrogen-bond donors (Lipinski definition) is 2. The fraction of sp³-hybridized carbons (Fsp3) is 0.261. The molecular weight excluding hydrogens is 398 g/mol. The van der Waals surface area contributed by atoms with E-state index in [2.05, 4.69) is 16.0 Å². The minimum Gasteiger partial charge on any atom is -0.490 e. The second kappa shape index (κ2) is 10.8. The summed E-state index contributed by atoms with van der Waals surface area (Å²) in [6.45, 7) is 4.23. The molecule has 1 aromatic heterocycles. The van der Waals surface area contributed by atoms with E-state index in [4.69, 9.17) is 14.0 Å². The van der Waals surface area contributed by atoms with Crippen molar-refractivity contribution in [3.05, 3.63) is 77.2 Å². The molecule has 0 spiro atoms. The van der Waals surface area contributed by atoms with Crippen LogP contribution >= 0.6 is 0 Å². The van der Waals surface area contributed by atoms with Crippen molar-refractivity contribution < 1.29 is 23.6 Å². The Balaban J connectivity index is 1.46. The Kier molecular flexibility index (Phi) is 7.64.